The van der Waals surface area contributed by atoms with Gasteiger partial charge >= 0.3 is 0 Å². The highest BCUT2D eigenvalue weighted by Gasteiger charge is 2.21. The number of ketones is 1. The van der Waals surface area contributed by atoms with Crippen molar-refractivity contribution in [1.29, 1.82) is 0 Å². The maximum absolute atomic E-state index is 12.0. The molecule has 1 aromatic carbocycles. The van der Waals surface area contributed by atoms with Gasteiger partial charge in [0.25, 0.3) is 0 Å². The van der Waals surface area contributed by atoms with E-state index >= 15 is 0 Å². The molecule has 0 radical (unpaired) electrons. The average molecular weight is 290 g/mol. The molecular formula is C17H26N2O2. The SMILES string of the molecule is COc1cccc(N(C)CC2CCN(C)CC2)c1C(C)=O. The van der Waals surface area contributed by atoms with Crippen LogP contribution in [0, 0.1) is 5.92 Å². The van der Waals surface area contributed by atoms with Crippen molar-refractivity contribution in [2.45, 2.75) is 19.8 Å². The van der Waals surface area contributed by atoms with Crippen LogP contribution < -0.4 is 9.64 Å². The molecule has 0 atom stereocenters. The lowest BCUT2D eigenvalue weighted by Gasteiger charge is -2.33. The fraction of sp³-hybridized carbons (Fsp3) is 0.588. The standard InChI is InChI=1S/C17H26N2O2/c1-13(20)17-15(6-5-7-16(17)21-4)19(3)12-14-8-10-18(2)11-9-14/h5-7,14H,8-12H2,1-4H3. The molecule has 2 rings (SSSR count). The van der Waals surface area contributed by atoms with Crippen molar-refractivity contribution in [2.24, 2.45) is 5.92 Å². The van der Waals surface area contributed by atoms with Crippen LogP contribution in [0.5, 0.6) is 5.75 Å². The van der Waals surface area contributed by atoms with Crippen molar-refractivity contribution in [3.05, 3.63) is 23.8 Å². The molecule has 4 nitrogen and oxygen atoms in total. The van der Waals surface area contributed by atoms with Crippen LogP contribution in [0.4, 0.5) is 5.69 Å². The number of ether oxygens (including phenoxy) is 1. The summed E-state index contributed by atoms with van der Waals surface area (Å²) in [5, 5.41) is 0. The zero-order valence-corrected chi connectivity index (χ0v) is 13.6. The summed E-state index contributed by atoms with van der Waals surface area (Å²) in [7, 11) is 5.86. The van der Waals surface area contributed by atoms with Crippen LogP contribution in [0.2, 0.25) is 0 Å². The van der Waals surface area contributed by atoms with E-state index in [-0.39, 0.29) is 5.78 Å². The topological polar surface area (TPSA) is 32.8 Å². The number of anilines is 1. The molecule has 0 N–H and O–H groups in total. The molecule has 0 aliphatic carbocycles. The van der Waals surface area contributed by atoms with Gasteiger partial charge in [-0.3, -0.25) is 4.79 Å². The number of benzene rings is 1. The van der Waals surface area contributed by atoms with Crippen molar-refractivity contribution in [2.75, 3.05) is 45.7 Å². The molecule has 0 unspecified atom stereocenters. The molecule has 1 saturated heterocycles. The molecule has 1 fully saturated rings. The number of carbonyl (C=O) groups excluding carboxylic acids is 1. The molecule has 0 amide bonds. The third-order valence-electron chi connectivity index (χ3n) is 4.36. The van der Waals surface area contributed by atoms with Gasteiger partial charge in [0.1, 0.15) is 5.75 Å². The van der Waals surface area contributed by atoms with Crippen LogP contribution in [0.3, 0.4) is 0 Å². The molecular weight excluding hydrogens is 264 g/mol. The first-order valence-electron chi connectivity index (χ1n) is 7.60. The first-order valence-corrected chi connectivity index (χ1v) is 7.60. The number of rotatable bonds is 5. The molecule has 0 saturated carbocycles. The zero-order valence-electron chi connectivity index (χ0n) is 13.6. The third kappa shape index (κ3) is 3.76. The summed E-state index contributed by atoms with van der Waals surface area (Å²) in [6.45, 7) is 4.92. The number of Topliss-reactive ketones (excluding diaryl/α,β-unsaturated/α-hetero) is 1. The predicted molar refractivity (Wildman–Crippen MR) is 86.5 cm³/mol. The van der Waals surface area contributed by atoms with Crippen molar-refractivity contribution in [3.8, 4) is 5.75 Å². The first kappa shape index (κ1) is 15.8. The van der Waals surface area contributed by atoms with Gasteiger partial charge in [0, 0.05) is 13.6 Å². The highest BCUT2D eigenvalue weighted by molar-refractivity contribution is 6.02. The van der Waals surface area contributed by atoms with Gasteiger partial charge in [0.2, 0.25) is 0 Å². The number of methoxy groups -OCH3 is 1. The summed E-state index contributed by atoms with van der Waals surface area (Å²) < 4.78 is 5.35. The van der Waals surface area contributed by atoms with Crippen LogP contribution >= 0.6 is 0 Å². The van der Waals surface area contributed by atoms with Crippen LogP contribution in [0.25, 0.3) is 0 Å². The second kappa shape index (κ2) is 6.94. The largest absolute Gasteiger partial charge is 0.496 e. The summed E-state index contributed by atoms with van der Waals surface area (Å²) in [5.41, 5.74) is 1.66. The van der Waals surface area contributed by atoms with Gasteiger partial charge in [-0.05, 0) is 58.0 Å². The minimum Gasteiger partial charge on any atom is -0.496 e. The third-order valence-corrected chi connectivity index (χ3v) is 4.36. The lowest BCUT2D eigenvalue weighted by atomic mass is 9.96. The number of likely N-dealkylation sites (tertiary alicyclic amines) is 1. The van der Waals surface area contributed by atoms with Crippen molar-refractivity contribution in [3.63, 3.8) is 0 Å². The van der Waals surface area contributed by atoms with Gasteiger partial charge in [-0.2, -0.15) is 0 Å². The molecule has 4 heteroatoms. The van der Waals surface area contributed by atoms with Crippen LogP contribution in [0.1, 0.15) is 30.1 Å². The summed E-state index contributed by atoms with van der Waals surface area (Å²) in [6, 6.07) is 5.81. The Morgan fingerprint density at radius 1 is 1.38 bits per heavy atom. The Morgan fingerprint density at radius 3 is 2.62 bits per heavy atom. The number of piperidine rings is 1. The average Bonchev–Trinajstić information content (AvgIpc) is 2.48. The number of carbonyl (C=O) groups is 1. The lowest BCUT2D eigenvalue weighted by Crippen LogP contribution is -2.36. The van der Waals surface area contributed by atoms with E-state index in [2.05, 4.69) is 23.9 Å². The van der Waals surface area contributed by atoms with Gasteiger partial charge in [0.05, 0.1) is 18.4 Å². The highest BCUT2D eigenvalue weighted by Crippen LogP contribution is 2.30. The zero-order chi connectivity index (χ0) is 15.4. The molecule has 0 spiro atoms. The molecule has 1 aliphatic rings. The molecule has 116 valence electrons. The van der Waals surface area contributed by atoms with Gasteiger partial charge < -0.3 is 14.5 Å². The van der Waals surface area contributed by atoms with E-state index in [4.69, 9.17) is 4.74 Å². The van der Waals surface area contributed by atoms with Crippen molar-refractivity contribution >= 4 is 11.5 Å². The maximum Gasteiger partial charge on any atom is 0.165 e. The minimum atomic E-state index is 0.0534. The van der Waals surface area contributed by atoms with Crippen LogP contribution in [-0.4, -0.2) is 51.5 Å². The highest BCUT2D eigenvalue weighted by atomic mass is 16.5. The molecule has 21 heavy (non-hydrogen) atoms. The van der Waals surface area contributed by atoms with E-state index in [0.29, 0.717) is 17.2 Å². The van der Waals surface area contributed by atoms with E-state index in [1.54, 1.807) is 14.0 Å². The summed E-state index contributed by atoms with van der Waals surface area (Å²) in [6.07, 6.45) is 2.44. The van der Waals surface area contributed by atoms with Gasteiger partial charge in [-0.25, -0.2) is 0 Å². The van der Waals surface area contributed by atoms with E-state index < -0.39 is 0 Å². The predicted octanol–water partition coefficient (Wildman–Crippen LogP) is 2.68. The molecule has 1 aliphatic heterocycles. The number of nitrogens with zero attached hydrogens (tertiary/aromatic N) is 2. The second-order valence-electron chi connectivity index (χ2n) is 6.04. The van der Waals surface area contributed by atoms with E-state index in [9.17, 15) is 4.79 Å². The second-order valence-corrected chi connectivity index (χ2v) is 6.04. The Hall–Kier alpha value is -1.55. The quantitative estimate of drug-likeness (QED) is 0.781. The number of hydrogen-bond acceptors (Lipinski definition) is 4. The first-order chi connectivity index (χ1) is 10.0. The minimum absolute atomic E-state index is 0.0534. The Labute approximate surface area is 127 Å². The Morgan fingerprint density at radius 2 is 2.05 bits per heavy atom. The Kier molecular flexibility index (Phi) is 5.23. The van der Waals surface area contributed by atoms with E-state index in [0.717, 1.165) is 25.3 Å². The van der Waals surface area contributed by atoms with E-state index in [1.165, 1.54) is 12.8 Å². The van der Waals surface area contributed by atoms with Gasteiger partial charge in [0.15, 0.2) is 5.78 Å². The van der Waals surface area contributed by atoms with Crippen LogP contribution in [-0.2, 0) is 0 Å². The summed E-state index contributed by atoms with van der Waals surface area (Å²) >= 11 is 0. The molecule has 0 aromatic heterocycles. The maximum atomic E-state index is 12.0. The normalized spacial score (nSPS) is 16.8. The number of hydrogen-bond donors (Lipinski definition) is 0. The van der Waals surface area contributed by atoms with Gasteiger partial charge in [-0.15, -0.1) is 0 Å². The Bertz CT molecular complexity index is 494. The lowest BCUT2D eigenvalue weighted by molar-refractivity contribution is 0.101. The Balaban J connectivity index is 2.15. The van der Waals surface area contributed by atoms with Crippen molar-refractivity contribution in [1.82, 2.24) is 4.90 Å². The molecule has 1 aromatic rings. The van der Waals surface area contributed by atoms with Crippen LogP contribution in [0.15, 0.2) is 18.2 Å². The molecule has 1 heterocycles. The fourth-order valence-electron chi connectivity index (χ4n) is 3.09. The van der Waals surface area contributed by atoms with E-state index in [1.807, 2.05) is 18.2 Å². The fourth-order valence-corrected chi connectivity index (χ4v) is 3.09. The van der Waals surface area contributed by atoms with Gasteiger partial charge in [-0.1, -0.05) is 6.07 Å². The summed E-state index contributed by atoms with van der Waals surface area (Å²) in [5.74, 6) is 1.41. The molecule has 0 bridgehead atoms. The monoisotopic (exact) mass is 290 g/mol. The van der Waals surface area contributed by atoms with Crippen molar-refractivity contribution < 1.29 is 9.53 Å². The smallest absolute Gasteiger partial charge is 0.165 e. The summed E-state index contributed by atoms with van der Waals surface area (Å²) in [4.78, 5) is 16.6.